The van der Waals surface area contributed by atoms with Gasteiger partial charge in [-0.05, 0) is 35.2 Å². The first-order valence-corrected chi connectivity index (χ1v) is 10.6. The van der Waals surface area contributed by atoms with Gasteiger partial charge in [0.05, 0.1) is 27.4 Å². The van der Waals surface area contributed by atoms with Crippen molar-refractivity contribution >= 4 is 40.4 Å². The lowest BCUT2D eigenvalue weighted by Crippen LogP contribution is -2.31. The fourth-order valence-corrected chi connectivity index (χ4v) is 4.45. The van der Waals surface area contributed by atoms with Crippen molar-refractivity contribution < 1.29 is 29.5 Å². The summed E-state index contributed by atoms with van der Waals surface area (Å²) in [7, 11) is 0. The Morgan fingerprint density at radius 2 is 1.76 bits per heavy atom. The van der Waals surface area contributed by atoms with E-state index in [1.54, 1.807) is 17.5 Å². The summed E-state index contributed by atoms with van der Waals surface area (Å²) in [6.07, 6.45) is -0.229. The minimum Gasteiger partial charge on any atom is -0.503 e. The summed E-state index contributed by atoms with van der Waals surface area (Å²) in [6, 6.07) is 13.6. The van der Waals surface area contributed by atoms with E-state index in [2.05, 4.69) is 0 Å². The molecule has 9 nitrogen and oxygen atoms in total. The Labute approximate surface area is 191 Å². The molecule has 10 heteroatoms. The average molecular weight is 464 g/mol. The molecule has 0 bridgehead atoms. The summed E-state index contributed by atoms with van der Waals surface area (Å²) in [4.78, 5) is 49.8. The number of ketones is 1. The lowest BCUT2D eigenvalue weighted by Gasteiger charge is -2.26. The van der Waals surface area contributed by atoms with Crippen LogP contribution < -0.4 is 4.90 Å². The van der Waals surface area contributed by atoms with Gasteiger partial charge in [0.25, 0.3) is 11.6 Å². The first-order valence-electron chi connectivity index (χ1n) is 9.68. The minimum atomic E-state index is -1.25. The van der Waals surface area contributed by atoms with Crippen molar-refractivity contribution in [1.29, 1.82) is 0 Å². The molecule has 2 aromatic carbocycles. The van der Waals surface area contributed by atoms with Crippen molar-refractivity contribution in [3.8, 4) is 0 Å². The summed E-state index contributed by atoms with van der Waals surface area (Å²) in [5.74, 6) is -3.31. The predicted octanol–water partition coefficient (Wildman–Crippen LogP) is 4.07. The van der Waals surface area contributed by atoms with Crippen molar-refractivity contribution in [1.82, 2.24) is 0 Å². The SMILES string of the molecule is O=C(O)Cc1ccc(N2C(=O)C(O)=C(C(=O)c3cccs3)C2c2ccccc2[N+](=O)[O-])cc1. The summed E-state index contributed by atoms with van der Waals surface area (Å²) in [5, 5.41) is 33.1. The number of nitrogens with zero attached hydrogens (tertiary/aromatic N) is 2. The number of aliphatic hydroxyl groups is 1. The zero-order chi connectivity index (χ0) is 23.7. The zero-order valence-corrected chi connectivity index (χ0v) is 17.7. The predicted molar refractivity (Wildman–Crippen MR) is 119 cm³/mol. The van der Waals surface area contributed by atoms with Crippen LogP contribution >= 0.6 is 11.3 Å². The van der Waals surface area contributed by atoms with Gasteiger partial charge in [0.15, 0.2) is 5.76 Å². The number of anilines is 1. The second kappa shape index (κ2) is 8.67. The highest BCUT2D eigenvalue weighted by molar-refractivity contribution is 7.12. The van der Waals surface area contributed by atoms with Crippen LogP contribution in [0.5, 0.6) is 0 Å². The van der Waals surface area contributed by atoms with E-state index >= 15 is 0 Å². The molecule has 166 valence electrons. The van der Waals surface area contributed by atoms with E-state index < -0.39 is 34.4 Å². The van der Waals surface area contributed by atoms with Gasteiger partial charge < -0.3 is 10.2 Å². The fourth-order valence-electron chi connectivity index (χ4n) is 3.77. The minimum absolute atomic E-state index is 0.0643. The van der Waals surface area contributed by atoms with E-state index in [0.717, 1.165) is 16.2 Å². The number of carboxylic acids is 1. The summed E-state index contributed by atoms with van der Waals surface area (Å²) >= 11 is 1.12. The Kier molecular flexibility index (Phi) is 5.76. The number of hydrogen-bond acceptors (Lipinski definition) is 7. The third-order valence-corrected chi connectivity index (χ3v) is 6.06. The molecular weight excluding hydrogens is 448 g/mol. The van der Waals surface area contributed by atoms with Crippen LogP contribution in [0.25, 0.3) is 0 Å². The molecule has 1 unspecified atom stereocenters. The molecule has 1 aliphatic rings. The summed E-state index contributed by atoms with van der Waals surface area (Å²) in [6.45, 7) is 0. The number of para-hydroxylation sites is 1. The number of nitro groups is 1. The number of amides is 1. The first kappa shape index (κ1) is 21.9. The number of carbonyl (C=O) groups excluding carboxylic acids is 2. The van der Waals surface area contributed by atoms with E-state index in [4.69, 9.17) is 5.11 Å². The van der Waals surface area contributed by atoms with Gasteiger partial charge in [0.1, 0.15) is 6.04 Å². The van der Waals surface area contributed by atoms with Crippen LogP contribution in [0, 0.1) is 10.1 Å². The number of nitro benzene ring substituents is 1. The molecule has 4 rings (SSSR count). The smallest absolute Gasteiger partial charge is 0.307 e. The largest absolute Gasteiger partial charge is 0.503 e. The van der Waals surface area contributed by atoms with E-state index in [9.17, 15) is 29.6 Å². The van der Waals surface area contributed by atoms with E-state index in [-0.39, 0.29) is 33.8 Å². The normalized spacial score (nSPS) is 15.7. The number of carbonyl (C=O) groups is 3. The molecule has 1 amide bonds. The van der Waals surface area contributed by atoms with Crippen molar-refractivity contribution in [3.63, 3.8) is 0 Å². The molecule has 0 aliphatic carbocycles. The van der Waals surface area contributed by atoms with Gasteiger partial charge >= 0.3 is 5.97 Å². The Hall–Kier alpha value is -4.31. The summed E-state index contributed by atoms with van der Waals surface area (Å²) in [5.41, 5.74) is 0.222. The van der Waals surface area contributed by atoms with Crippen molar-refractivity contribution in [2.45, 2.75) is 12.5 Å². The second-order valence-electron chi connectivity index (χ2n) is 7.20. The highest BCUT2D eigenvalue weighted by atomic mass is 32.1. The maximum absolute atomic E-state index is 13.3. The third kappa shape index (κ3) is 3.99. The molecule has 33 heavy (non-hydrogen) atoms. The van der Waals surface area contributed by atoms with Gasteiger partial charge in [0, 0.05) is 11.8 Å². The molecule has 0 saturated carbocycles. The Morgan fingerprint density at radius 1 is 1.06 bits per heavy atom. The van der Waals surface area contributed by atoms with Crippen LogP contribution in [-0.4, -0.2) is 32.8 Å². The number of aliphatic carboxylic acids is 1. The topological polar surface area (TPSA) is 138 Å². The van der Waals surface area contributed by atoms with Gasteiger partial charge in [-0.3, -0.25) is 29.4 Å². The number of aliphatic hydroxyl groups excluding tert-OH is 1. The Morgan fingerprint density at radius 3 is 2.36 bits per heavy atom. The molecule has 1 atom stereocenters. The van der Waals surface area contributed by atoms with Gasteiger partial charge in [0.2, 0.25) is 5.78 Å². The van der Waals surface area contributed by atoms with E-state index in [1.807, 2.05) is 0 Å². The molecule has 3 aromatic rings. The average Bonchev–Trinajstić information content (AvgIpc) is 3.41. The van der Waals surface area contributed by atoms with Gasteiger partial charge in [-0.15, -0.1) is 11.3 Å². The maximum Gasteiger partial charge on any atom is 0.307 e. The molecule has 0 spiro atoms. The van der Waals surface area contributed by atoms with E-state index in [1.165, 1.54) is 48.5 Å². The van der Waals surface area contributed by atoms with Crippen LogP contribution in [0.3, 0.4) is 0 Å². The van der Waals surface area contributed by atoms with Gasteiger partial charge in [-0.1, -0.05) is 30.3 Å². The van der Waals surface area contributed by atoms with E-state index in [0.29, 0.717) is 5.56 Å². The molecule has 2 heterocycles. The molecule has 2 N–H and O–H groups in total. The standard InChI is InChI=1S/C23H16N2O7S/c26-18(27)12-13-7-9-14(10-8-13)24-20(15-4-1-2-5-16(15)25(31)32)19(22(29)23(24)30)21(28)17-6-3-11-33-17/h1-11,20,29H,12H2,(H,26,27). The van der Waals surface area contributed by atoms with Crippen LogP contribution in [0.4, 0.5) is 11.4 Å². The number of carboxylic acid groups (broad SMARTS) is 1. The Balaban J connectivity index is 1.88. The molecule has 0 radical (unpaired) electrons. The van der Waals surface area contributed by atoms with Gasteiger partial charge in [-0.25, -0.2) is 0 Å². The van der Waals surface area contributed by atoms with Crippen LogP contribution in [-0.2, 0) is 16.0 Å². The highest BCUT2D eigenvalue weighted by Gasteiger charge is 2.46. The molecule has 1 aliphatic heterocycles. The number of Topliss-reactive ketones (excluding diaryl/α,β-unsaturated/α-hetero) is 1. The zero-order valence-electron chi connectivity index (χ0n) is 16.9. The van der Waals surface area contributed by atoms with Crippen molar-refractivity contribution in [2.24, 2.45) is 0 Å². The quantitative estimate of drug-likeness (QED) is 0.305. The number of benzene rings is 2. The van der Waals surface area contributed by atoms with Gasteiger partial charge in [-0.2, -0.15) is 0 Å². The third-order valence-electron chi connectivity index (χ3n) is 5.20. The monoisotopic (exact) mass is 464 g/mol. The first-order chi connectivity index (χ1) is 15.8. The number of hydrogen-bond donors (Lipinski definition) is 2. The fraction of sp³-hybridized carbons (Fsp3) is 0.0870. The lowest BCUT2D eigenvalue weighted by molar-refractivity contribution is -0.385. The van der Waals surface area contributed by atoms with Crippen molar-refractivity contribution in [3.05, 3.63) is 103 Å². The molecule has 0 saturated heterocycles. The molecule has 1 aromatic heterocycles. The highest BCUT2D eigenvalue weighted by Crippen LogP contribution is 2.44. The number of thiophene rings is 1. The molecular formula is C23H16N2O7S. The van der Waals surface area contributed by atoms with Crippen LogP contribution in [0.1, 0.15) is 26.8 Å². The van der Waals surface area contributed by atoms with Crippen LogP contribution in [0.15, 0.2) is 77.4 Å². The summed E-state index contributed by atoms with van der Waals surface area (Å²) < 4.78 is 0. The van der Waals surface area contributed by atoms with Crippen LogP contribution in [0.2, 0.25) is 0 Å². The molecule has 0 fully saturated rings. The maximum atomic E-state index is 13.3. The lowest BCUT2D eigenvalue weighted by atomic mass is 9.94. The number of rotatable bonds is 7. The Bertz CT molecular complexity index is 1300. The van der Waals surface area contributed by atoms with Crippen molar-refractivity contribution in [2.75, 3.05) is 4.90 Å². The second-order valence-corrected chi connectivity index (χ2v) is 8.15.